The molecule has 3 rings (SSSR count). The van der Waals surface area contributed by atoms with Gasteiger partial charge in [0.05, 0.1) is 5.56 Å². The van der Waals surface area contributed by atoms with E-state index in [0.717, 1.165) is 6.54 Å². The zero-order chi connectivity index (χ0) is 15.0. The summed E-state index contributed by atoms with van der Waals surface area (Å²) < 4.78 is 15.1. The molecule has 0 saturated heterocycles. The van der Waals surface area contributed by atoms with Crippen molar-refractivity contribution in [2.75, 3.05) is 11.9 Å². The topological polar surface area (TPSA) is 46.9 Å². The largest absolute Gasteiger partial charge is 0.355 e. The van der Waals surface area contributed by atoms with Crippen LogP contribution in [-0.2, 0) is 7.05 Å². The summed E-state index contributed by atoms with van der Waals surface area (Å²) in [5, 5.41) is 3.19. The summed E-state index contributed by atoms with van der Waals surface area (Å²) in [6.45, 7) is 2.54. The average Bonchev–Trinajstić information content (AvgIpc) is 3.28. The summed E-state index contributed by atoms with van der Waals surface area (Å²) >= 11 is 0. The highest BCUT2D eigenvalue weighted by Gasteiger charge is 2.21. The molecule has 1 aliphatic carbocycles. The monoisotopic (exact) mass is 287 g/mol. The molecule has 110 valence electrons. The van der Waals surface area contributed by atoms with E-state index in [9.17, 15) is 9.18 Å². The maximum absolute atomic E-state index is 13.7. The molecule has 1 saturated carbocycles. The van der Waals surface area contributed by atoms with E-state index in [1.165, 1.54) is 29.7 Å². The van der Waals surface area contributed by atoms with E-state index in [1.807, 2.05) is 0 Å². The van der Waals surface area contributed by atoms with Crippen molar-refractivity contribution in [1.82, 2.24) is 9.55 Å². The predicted molar refractivity (Wildman–Crippen MR) is 80.8 cm³/mol. The number of rotatable bonds is 4. The molecule has 21 heavy (non-hydrogen) atoms. The van der Waals surface area contributed by atoms with Crippen LogP contribution >= 0.6 is 0 Å². The number of halogens is 1. The quantitative estimate of drug-likeness (QED) is 0.940. The molecule has 1 aromatic carbocycles. The van der Waals surface area contributed by atoms with Crippen LogP contribution in [0.5, 0.6) is 0 Å². The Balaban J connectivity index is 1.93. The lowest BCUT2D eigenvalue weighted by Gasteiger charge is -2.11. The maximum atomic E-state index is 13.7. The van der Waals surface area contributed by atoms with Gasteiger partial charge in [-0.05, 0) is 42.9 Å². The van der Waals surface area contributed by atoms with Crippen molar-refractivity contribution in [3.05, 3.63) is 46.1 Å². The summed E-state index contributed by atoms with van der Waals surface area (Å²) in [7, 11) is 1.68. The number of nitrogens with one attached hydrogen (secondary N) is 1. The van der Waals surface area contributed by atoms with Gasteiger partial charge in [0.15, 0.2) is 0 Å². The Morgan fingerprint density at radius 2 is 2.19 bits per heavy atom. The summed E-state index contributed by atoms with van der Waals surface area (Å²) in [6, 6.07) is 4.79. The number of benzene rings is 1. The number of aryl methyl sites for hydroxylation is 1. The summed E-state index contributed by atoms with van der Waals surface area (Å²) in [6.07, 6.45) is 3.99. The molecule has 0 unspecified atom stereocenters. The van der Waals surface area contributed by atoms with Crippen LogP contribution in [0, 0.1) is 18.7 Å². The van der Waals surface area contributed by atoms with Crippen LogP contribution in [0.25, 0.3) is 11.1 Å². The second-order valence-electron chi connectivity index (χ2n) is 5.65. The Morgan fingerprint density at radius 3 is 2.86 bits per heavy atom. The molecule has 0 aliphatic heterocycles. The number of anilines is 1. The number of hydrogen-bond acceptors (Lipinski definition) is 3. The second kappa shape index (κ2) is 5.31. The lowest BCUT2D eigenvalue weighted by Crippen LogP contribution is -2.24. The van der Waals surface area contributed by atoms with Crippen molar-refractivity contribution in [3.63, 3.8) is 0 Å². The first-order valence-corrected chi connectivity index (χ1v) is 7.12. The predicted octanol–water partition coefficient (Wildman–Crippen LogP) is 2.72. The third-order valence-electron chi connectivity index (χ3n) is 3.90. The van der Waals surface area contributed by atoms with Crippen LogP contribution in [0.1, 0.15) is 18.4 Å². The molecule has 0 bridgehead atoms. The lowest BCUT2D eigenvalue weighted by atomic mass is 10.1. The Bertz CT molecular complexity index is 735. The van der Waals surface area contributed by atoms with Gasteiger partial charge in [-0.15, -0.1) is 0 Å². The number of hydrogen-bond donors (Lipinski definition) is 1. The van der Waals surface area contributed by atoms with Crippen molar-refractivity contribution in [2.45, 2.75) is 19.8 Å². The minimum absolute atomic E-state index is 0.174. The Morgan fingerprint density at radius 1 is 1.43 bits per heavy atom. The molecular weight excluding hydrogens is 269 g/mol. The van der Waals surface area contributed by atoms with Crippen LogP contribution < -0.4 is 10.9 Å². The first-order valence-electron chi connectivity index (χ1n) is 7.12. The number of nitrogens with zero attached hydrogens (tertiary/aromatic N) is 2. The minimum atomic E-state index is -0.314. The molecule has 0 amide bonds. The van der Waals surface area contributed by atoms with Gasteiger partial charge in [0, 0.05) is 19.8 Å². The van der Waals surface area contributed by atoms with Gasteiger partial charge in [-0.3, -0.25) is 9.36 Å². The standard InChI is InChI=1S/C16H18FN3O/c1-10-3-6-12(7-14(10)17)13-9-19-16(20(2)15(13)21)18-8-11-4-5-11/h3,6-7,9,11H,4-5,8H2,1-2H3,(H,18,19). The van der Waals surface area contributed by atoms with Crippen LogP contribution in [0.3, 0.4) is 0 Å². The van der Waals surface area contributed by atoms with Gasteiger partial charge >= 0.3 is 0 Å². The molecule has 5 heteroatoms. The van der Waals surface area contributed by atoms with E-state index >= 15 is 0 Å². The van der Waals surface area contributed by atoms with Crippen molar-refractivity contribution < 1.29 is 4.39 Å². The molecule has 2 aromatic rings. The Hall–Kier alpha value is -2.17. The van der Waals surface area contributed by atoms with Gasteiger partial charge in [0.2, 0.25) is 5.95 Å². The summed E-state index contributed by atoms with van der Waals surface area (Å²) in [5.74, 6) is 0.946. The molecular formula is C16H18FN3O. The van der Waals surface area contributed by atoms with Gasteiger partial charge in [-0.25, -0.2) is 9.37 Å². The van der Waals surface area contributed by atoms with E-state index in [4.69, 9.17) is 0 Å². The smallest absolute Gasteiger partial charge is 0.262 e. The normalized spacial score (nSPS) is 14.2. The highest BCUT2D eigenvalue weighted by atomic mass is 19.1. The zero-order valence-corrected chi connectivity index (χ0v) is 12.2. The van der Waals surface area contributed by atoms with Gasteiger partial charge in [0.25, 0.3) is 5.56 Å². The molecule has 4 nitrogen and oxygen atoms in total. The van der Waals surface area contributed by atoms with Crippen molar-refractivity contribution in [3.8, 4) is 11.1 Å². The SMILES string of the molecule is Cc1ccc(-c2cnc(NCC3CC3)n(C)c2=O)cc1F. The first-order chi connectivity index (χ1) is 10.1. The third kappa shape index (κ3) is 2.82. The molecule has 1 heterocycles. The van der Waals surface area contributed by atoms with E-state index in [1.54, 1.807) is 26.1 Å². The fourth-order valence-electron chi connectivity index (χ4n) is 2.22. The van der Waals surface area contributed by atoms with Gasteiger partial charge in [-0.1, -0.05) is 12.1 Å². The maximum Gasteiger partial charge on any atom is 0.262 e. The summed E-state index contributed by atoms with van der Waals surface area (Å²) in [4.78, 5) is 16.7. The first kappa shape index (κ1) is 13.8. The highest BCUT2D eigenvalue weighted by Crippen LogP contribution is 2.28. The second-order valence-corrected chi connectivity index (χ2v) is 5.65. The van der Waals surface area contributed by atoms with E-state index in [2.05, 4.69) is 10.3 Å². The fraction of sp³-hybridized carbons (Fsp3) is 0.375. The zero-order valence-electron chi connectivity index (χ0n) is 12.2. The highest BCUT2D eigenvalue weighted by molar-refractivity contribution is 5.62. The van der Waals surface area contributed by atoms with Crippen molar-refractivity contribution >= 4 is 5.95 Å². The molecule has 1 aliphatic rings. The molecule has 1 N–H and O–H groups in total. The van der Waals surface area contributed by atoms with Gasteiger partial charge in [0.1, 0.15) is 5.82 Å². The van der Waals surface area contributed by atoms with E-state index in [0.29, 0.717) is 28.6 Å². The fourth-order valence-corrected chi connectivity index (χ4v) is 2.22. The molecule has 0 atom stereocenters. The minimum Gasteiger partial charge on any atom is -0.355 e. The van der Waals surface area contributed by atoms with Crippen LogP contribution in [-0.4, -0.2) is 16.1 Å². The average molecular weight is 287 g/mol. The Kier molecular flexibility index (Phi) is 3.49. The van der Waals surface area contributed by atoms with Gasteiger partial charge < -0.3 is 5.32 Å². The molecule has 0 spiro atoms. The van der Waals surface area contributed by atoms with Gasteiger partial charge in [-0.2, -0.15) is 0 Å². The van der Waals surface area contributed by atoms with Crippen molar-refractivity contribution in [1.29, 1.82) is 0 Å². The van der Waals surface area contributed by atoms with Crippen LogP contribution in [0.15, 0.2) is 29.2 Å². The Labute approximate surface area is 122 Å². The van der Waals surface area contributed by atoms with Crippen LogP contribution in [0.4, 0.5) is 10.3 Å². The number of aromatic nitrogens is 2. The van der Waals surface area contributed by atoms with E-state index in [-0.39, 0.29) is 11.4 Å². The third-order valence-corrected chi connectivity index (χ3v) is 3.90. The van der Waals surface area contributed by atoms with E-state index < -0.39 is 0 Å². The molecule has 0 radical (unpaired) electrons. The van der Waals surface area contributed by atoms with Crippen LogP contribution in [0.2, 0.25) is 0 Å². The molecule has 1 fully saturated rings. The lowest BCUT2D eigenvalue weighted by molar-refractivity contribution is 0.619. The molecule has 1 aromatic heterocycles. The van der Waals surface area contributed by atoms with Crippen molar-refractivity contribution in [2.24, 2.45) is 13.0 Å². The summed E-state index contributed by atoms with van der Waals surface area (Å²) in [5.41, 5.74) is 1.35.